The van der Waals surface area contributed by atoms with E-state index in [1.807, 2.05) is 5.38 Å². The van der Waals surface area contributed by atoms with Crippen molar-refractivity contribution in [2.75, 3.05) is 11.3 Å². The van der Waals surface area contributed by atoms with Crippen LogP contribution in [0, 0.1) is 0 Å². The Hall–Kier alpha value is -0.960. The number of anilines is 1. The number of pyridine rings is 1. The molecule has 5 nitrogen and oxygen atoms in total. The van der Waals surface area contributed by atoms with Crippen molar-refractivity contribution in [3.63, 3.8) is 0 Å². The molecular weight excluding hydrogens is 374 g/mol. The lowest BCUT2D eigenvalue weighted by molar-refractivity contribution is 0.603. The highest BCUT2D eigenvalue weighted by Crippen LogP contribution is 2.26. The summed E-state index contributed by atoms with van der Waals surface area (Å²) in [6, 6.07) is 3.31. The largest absolute Gasteiger partial charge is 0.313 e. The molecule has 2 heterocycles. The van der Waals surface area contributed by atoms with Crippen molar-refractivity contribution >= 4 is 43.0 Å². The number of sulfonamides is 1. The molecule has 2 aromatic heterocycles. The van der Waals surface area contributed by atoms with Crippen LogP contribution in [0.4, 0.5) is 5.69 Å². The second-order valence-electron chi connectivity index (χ2n) is 4.41. The lowest BCUT2D eigenvalue weighted by Crippen LogP contribution is -2.14. The van der Waals surface area contributed by atoms with Gasteiger partial charge in [0.2, 0.25) is 0 Å². The summed E-state index contributed by atoms with van der Waals surface area (Å²) in [5.41, 5.74) is 1.45. The Labute approximate surface area is 137 Å². The summed E-state index contributed by atoms with van der Waals surface area (Å²) in [5.74, 6) is 0. The smallest absolute Gasteiger partial charge is 0.271 e. The number of thiophene rings is 1. The van der Waals surface area contributed by atoms with Crippen LogP contribution in [0.15, 0.2) is 38.6 Å². The van der Waals surface area contributed by atoms with Crippen LogP contribution in [-0.2, 0) is 16.6 Å². The van der Waals surface area contributed by atoms with E-state index in [1.54, 1.807) is 18.3 Å². The van der Waals surface area contributed by atoms with Crippen LogP contribution in [-0.4, -0.2) is 19.9 Å². The van der Waals surface area contributed by atoms with E-state index in [0.717, 1.165) is 18.5 Å². The Bertz CT molecular complexity index is 701. The first-order valence-corrected chi connectivity index (χ1v) is 9.59. The van der Waals surface area contributed by atoms with Gasteiger partial charge in [0.25, 0.3) is 10.0 Å². The van der Waals surface area contributed by atoms with Gasteiger partial charge in [0.1, 0.15) is 4.21 Å². The Morgan fingerprint density at radius 3 is 2.95 bits per heavy atom. The van der Waals surface area contributed by atoms with Crippen molar-refractivity contribution < 1.29 is 8.42 Å². The van der Waals surface area contributed by atoms with E-state index in [9.17, 15) is 8.42 Å². The molecule has 0 aliphatic carbocycles. The maximum atomic E-state index is 12.3. The topological polar surface area (TPSA) is 71.1 Å². The summed E-state index contributed by atoms with van der Waals surface area (Å²) in [5, 5.41) is 5.11. The van der Waals surface area contributed by atoms with Gasteiger partial charge in [0.05, 0.1) is 10.2 Å². The molecule has 2 aromatic rings. The minimum Gasteiger partial charge on any atom is -0.313 e. The molecule has 0 aromatic carbocycles. The molecule has 21 heavy (non-hydrogen) atoms. The summed E-state index contributed by atoms with van der Waals surface area (Å²) in [6.07, 6.45) is 4.14. The van der Waals surface area contributed by atoms with Gasteiger partial charge in [0, 0.05) is 18.9 Å². The highest BCUT2D eigenvalue weighted by Gasteiger charge is 2.18. The minimum absolute atomic E-state index is 0.305. The van der Waals surface area contributed by atoms with Crippen molar-refractivity contribution in [3.8, 4) is 0 Å². The number of rotatable bonds is 7. The van der Waals surface area contributed by atoms with Gasteiger partial charge in [-0.3, -0.25) is 9.71 Å². The lowest BCUT2D eigenvalue weighted by atomic mass is 10.3. The number of hydrogen-bond donors (Lipinski definition) is 2. The van der Waals surface area contributed by atoms with Gasteiger partial charge >= 0.3 is 0 Å². The van der Waals surface area contributed by atoms with Crippen molar-refractivity contribution in [2.45, 2.75) is 24.1 Å². The predicted octanol–water partition coefficient (Wildman–Crippen LogP) is 3.21. The van der Waals surface area contributed by atoms with Gasteiger partial charge in [0.15, 0.2) is 0 Å². The monoisotopic (exact) mass is 389 g/mol. The van der Waals surface area contributed by atoms with Crippen molar-refractivity contribution in [1.29, 1.82) is 0 Å². The summed E-state index contributed by atoms with van der Waals surface area (Å²) in [6.45, 7) is 3.69. The second kappa shape index (κ2) is 7.35. The molecule has 0 saturated carbocycles. The molecule has 0 radical (unpaired) electrons. The first-order chi connectivity index (χ1) is 10.0. The maximum Gasteiger partial charge on any atom is 0.271 e. The van der Waals surface area contributed by atoms with Gasteiger partial charge in [-0.1, -0.05) is 6.92 Å². The fourth-order valence-electron chi connectivity index (χ4n) is 1.65. The van der Waals surface area contributed by atoms with Crippen LogP contribution in [0.25, 0.3) is 0 Å². The van der Waals surface area contributed by atoms with E-state index in [2.05, 4.69) is 37.9 Å². The number of halogens is 1. The van der Waals surface area contributed by atoms with E-state index in [0.29, 0.717) is 20.9 Å². The molecular formula is C13H16BrN3O2S2. The maximum absolute atomic E-state index is 12.3. The molecule has 0 spiro atoms. The zero-order chi connectivity index (χ0) is 15.3. The summed E-state index contributed by atoms with van der Waals surface area (Å²) >= 11 is 4.49. The molecule has 8 heteroatoms. The molecule has 2 N–H and O–H groups in total. The Morgan fingerprint density at radius 2 is 2.24 bits per heavy atom. The normalized spacial score (nSPS) is 11.5. The number of aromatic nitrogens is 1. The first-order valence-electron chi connectivity index (χ1n) is 6.43. The molecule has 2 rings (SSSR count). The van der Waals surface area contributed by atoms with Gasteiger partial charge in [-0.2, -0.15) is 0 Å². The highest BCUT2D eigenvalue weighted by atomic mass is 79.9. The van der Waals surface area contributed by atoms with E-state index < -0.39 is 10.0 Å². The molecule has 0 aliphatic heterocycles. The molecule has 0 saturated heterocycles. The van der Waals surface area contributed by atoms with Crippen LogP contribution < -0.4 is 10.0 Å². The molecule has 0 amide bonds. The van der Waals surface area contributed by atoms with Gasteiger partial charge in [-0.25, -0.2) is 8.42 Å². The number of nitrogens with one attached hydrogen (secondary N) is 2. The summed E-state index contributed by atoms with van der Waals surface area (Å²) < 4.78 is 28.1. The van der Waals surface area contributed by atoms with Crippen LogP contribution in [0.2, 0.25) is 0 Å². The fraction of sp³-hybridized carbons (Fsp3) is 0.308. The molecule has 0 unspecified atom stereocenters. The summed E-state index contributed by atoms with van der Waals surface area (Å²) in [7, 11) is -3.56. The number of hydrogen-bond acceptors (Lipinski definition) is 5. The average molecular weight is 390 g/mol. The predicted molar refractivity (Wildman–Crippen MR) is 89.1 cm³/mol. The standard InChI is InChI=1S/C13H16BrN3O2S2/c1-2-4-15-7-10-6-13(20-9-10)21(18,19)17-12-3-5-16-8-11(12)14/h3,5-6,8-9,15H,2,4,7H2,1H3,(H,16,17). The molecule has 0 atom stereocenters. The van der Waals surface area contributed by atoms with Gasteiger partial charge in [-0.05, 0) is 52.0 Å². The van der Waals surface area contributed by atoms with Gasteiger partial charge in [-0.15, -0.1) is 11.3 Å². The zero-order valence-corrected chi connectivity index (χ0v) is 14.7. The third-order valence-electron chi connectivity index (χ3n) is 2.67. The van der Waals surface area contributed by atoms with Crippen molar-refractivity contribution in [3.05, 3.63) is 39.9 Å². The molecule has 0 aliphatic rings. The Kier molecular flexibility index (Phi) is 5.74. The van der Waals surface area contributed by atoms with Crippen LogP contribution >= 0.6 is 27.3 Å². The van der Waals surface area contributed by atoms with Crippen LogP contribution in [0.1, 0.15) is 18.9 Å². The Morgan fingerprint density at radius 1 is 1.43 bits per heavy atom. The fourth-order valence-corrected chi connectivity index (χ4v) is 4.42. The minimum atomic E-state index is -3.56. The van der Waals surface area contributed by atoms with Crippen LogP contribution in [0.3, 0.4) is 0 Å². The van der Waals surface area contributed by atoms with Gasteiger partial charge < -0.3 is 5.32 Å². The summed E-state index contributed by atoms with van der Waals surface area (Å²) in [4.78, 5) is 3.91. The van der Waals surface area contributed by atoms with E-state index in [4.69, 9.17) is 0 Å². The third-order valence-corrected chi connectivity index (χ3v) is 6.15. The Balaban J connectivity index is 2.11. The van der Waals surface area contributed by atoms with Crippen LogP contribution in [0.5, 0.6) is 0 Å². The molecule has 0 fully saturated rings. The quantitative estimate of drug-likeness (QED) is 0.713. The van der Waals surface area contributed by atoms with Crippen molar-refractivity contribution in [2.24, 2.45) is 0 Å². The molecule has 0 bridgehead atoms. The highest BCUT2D eigenvalue weighted by molar-refractivity contribution is 9.10. The van der Waals surface area contributed by atoms with E-state index >= 15 is 0 Å². The lowest BCUT2D eigenvalue weighted by Gasteiger charge is -2.07. The molecule has 114 valence electrons. The van der Waals surface area contributed by atoms with Crippen molar-refractivity contribution in [1.82, 2.24) is 10.3 Å². The zero-order valence-electron chi connectivity index (χ0n) is 11.5. The number of nitrogens with zero attached hydrogens (tertiary/aromatic N) is 1. The van der Waals surface area contributed by atoms with E-state index in [1.165, 1.54) is 17.5 Å². The third kappa shape index (κ3) is 4.50. The van der Waals surface area contributed by atoms with E-state index in [-0.39, 0.29) is 0 Å². The second-order valence-corrected chi connectivity index (χ2v) is 8.09. The first kappa shape index (κ1) is 16.4. The average Bonchev–Trinajstić information content (AvgIpc) is 2.91. The SMILES string of the molecule is CCCNCc1csc(S(=O)(=O)Nc2ccncc2Br)c1.